The molecule has 1 saturated heterocycles. The second kappa shape index (κ2) is 6.87. The molecule has 0 bridgehead atoms. The fraction of sp³-hybridized carbons (Fsp3) is 0.632. The molecule has 2 atom stereocenters. The van der Waals surface area contributed by atoms with Crippen molar-refractivity contribution in [3.05, 3.63) is 28.7 Å². The number of fused-ring (bicyclic) bond motifs is 1. The van der Waals surface area contributed by atoms with Gasteiger partial charge < -0.3 is 14.9 Å². The lowest BCUT2D eigenvalue weighted by Gasteiger charge is -2.26. The number of H-pyrrole nitrogens is 1. The Morgan fingerprint density at radius 1 is 1.23 bits per heavy atom. The number of hydrogen-bond donors (Lipinski definition) is 2. The molecule has 7 heteroatoms. The highest BCUT2D eigenvalue weighted by Gasteiger charge is 2.34. The van der Waals surface area contributed by atoms with Crippen molar-refractivity contribution < 1.29 is 5.11 Å². The van der Waals surface area contributed by atoms with E-state index in [0.717, 1.165) is 49.0 Å². The van der Waals surface area contributed by atoms with Gasteiger partial charge in [0, 0.05) is 44.4 Å². The number of aliphatic hydroxyl groups excluding tert-OH is 1. The Bertz CT molecular complexity index is 786. The number of aromatic amines is 1. The van der Waals surface area contributed by atoms with E-state index in [-0.39, 0.29) is 12.0 Å². The van der Waals surface area contributed by atoms with E-state index in [0.29, 0.717) is 6.54 Å². The van der Waals surface area contributed by atoms with E-state index < -0.39 is 0 Å². The van der Waals surface area contributed by atoms with Crippen LogP contribution in [0.15, 0.2) is 6.07 Å². The van der Waals surface area contributed by atoms with Crippen molar-refractivity contribution in [2.45, 2.75) is 45.1 Å². The topological polar surface area (TPSA) is 81.2 Å². The maximum absolute atomic E-state index is 10.6. The van der Waals surface area contributed by atoms with Crippen LogP contribution in [0, 0.1) is 12.8 Å². The maximum atomic E-state index is 10.6. The standard InChI is InChI=1S/C19H28N6O/c1-12-8-14(23-22-12)9-13-10-25(11-17(13)26)18-15-6-4-5-7-16(15)20-19(21-18)24(2)3/h8,13,17,26H,4-7,9-11H2,1-3H3,(H,22,23)/t13-,17-/m1/s1. The summed E-state index contributed by atoms with van der Waals surface area (Å²) in [5.74, 6) is 1.97. The molecular weight excluding hydrogens is 328 g/mol. The molecule has 140 valence electrons. The van der Waals surface area contributed by atoms with Gasteiger partial charge in [-0.15, -0.1) is 0 Å². The number of hydrogen-bond acceptors (Lipinski definition) is 6. The Kier molecular flexibility index (Phi) is 4.56. The smallest absolute Gasteiger partial charge is 0.227 e. The molecule has 26 heavy (non-hydrogen) atoms. The molecular formula is C19H28N6O. The van der Waals surface area contributed by atoms with Crippen LogP contribution in [-0.4, -0.2) is 58.6 Å². The van der Waals surface area contributed by atoms with Crippen LogP contribution in [0.2, 0.25) is 0 Å². The van der Waals surface area contributed by atoms with E-state index in [1.54, 1.807) is 0 Å². The van der Waals surface area contributed by atoms with Gasteiger partial charge in [-0.1, -0.05) is 0 Å². The second-order valence-corrected chi connectivity index (χ2v) is 7.85. The third kappa shape index (κ3) is 3.28. The normalized spacial score (nSPS) is 22.5. The Morgan fingerprint density at radius 3 is 2.77 bits per heavy atom. The van der Waals surface area contributed by atoms with Gasteiger partial charge >= 0.3 is 0 Å². The molecule has 1 aliphatic carbocycles. The fourth-order valence-corrected chi connectivity index (χ4v) is 4.10. The predicted octanol–water partition coefficient (Wildman–Crippen LogP) is 1.49. The maximum Gasteiger partial charge on any atom is 0.227 e. The third-order valence-corrected chi connectivity index (χ3v) is 5.49. The zero-order valence-corrected chi connectivity index (χ0v) is 15.9. The number of nitrogens with one attached hydrogen (secondary N) is 1. The quantitative estimate of drug-likeness (QED) is 0.864. The summed E-state index contributed by atoms with van der Waals surface area (Å²) in [6.07, 6.45) is 4.88. The highest BCUT2D eigenvalue weighted by Crippen LogP contribution is 2.33. The molecule has 3 heterocycles. The molecule has 0 aromatic carbocycles. The SMILES string of the molecule is Cc1cc(C[C@@H]2CN(c3nc(N(C)C)nc4c3CCCC4)C[C@H]2O)n[nH]1. The number of β-amino-alcohol motifs (C(OH)–C–C–N with tert-alkyl or cyclic N) is 1. The van der Waals surface area contributed by atoms with E-state index in [4.69, 9.17) is 9.97 Å². The number of rotatable bonds is 4. The van der Waals surface area contributed by atoms with E-state index in [2.05, 4.69) is 21.2 Å². The zero-order valence-electron chi connectivity index (χ0n) is 15.9. The van der Waals surface area contributed by atoms with Gasteiger partial charge in [-0.25, -0.2) is 4.98 Å². The minimum Gasteiger partial charge on any atom is -0.391 e. The minimum absolute atomic E-state index is 0.176. The summed E-state index contributed by atoms with van der Waals surface area (Å²) in [6.45, 7) is 3.44. The van der Waals surface area contributed by atoms with Crippen molar-refractivity contribution in [2.75, 3.05) is 37.0 Å². The molecule has 0 spiro atoms. The van der Waals surface area contributed by atoms with Crippen LogP contribution >= 0.6 is 0 Å². The Hall–Kier alpha value is -2.15. The van der Waals surface area contributed by atoms with Gasteiger partial charge in [0.25, 0.3) is 0 Å². The van der Waals surface area contributed by atoms with Crippen molar-refractivity contribution in [3.8, 4) is 0 Å². The molecule has 1 fully saturated rings. The second-order valence-electron chi connectivity index (χ2n) is 7.85. The van der Waals surface area contributed by atoms with Gasteiger partial charge in [-0.3, -0.25) is 5.10 Å². The van der Waals surface area contributed by atoms with Crippen LogP contribution in [0.1, 0.15) is 35.5 Å². The molecule has 0 saturated carbocycles. The molecule has 0 unspecified atom stereocenters. The van der Waals surface area contributed by atoms with Crippen LogP contribution in [-0.2, 0) is 19.3 Å². The van der Waals surface area contributed by atoms with Crippen molar-refractivity contribution in [1.82, 2.24) is 20.2 Å². The van der Waals surface area contributed by atoms with E-state index >= 15 is 0 Å². The lowest BCUT2D eigenvalue weighted by atomic mass is 9.96. The first kappa shape index (κ1) is 17.3. The fourth-order valence-electron chi connectivity index (χ4n) is 4.10. The van der Waals surface area contributed by atoms with Crippen molar-refractivity contribution >= 4 is 11.8 Å². The molecule has 7 nitrogen and oxygen atoms in total. The van der Waals surface area contributed by atoms with Crippen LogP contribution in [0.25, 0.3) is 0 Å². The summed E-state index contributed by atoms with van der Waals surface area (Å²) in [7, 11) is 3.96. The summed E-state index contributed by atoms with van der Waals surface area (Å²) in [5.41, 5.74) is 4.55. The molecule has 4 rings (SSSR count). The van der Waals surface area contributed by atoms with Gasteiger partial charge in [-0.2, -0.15) is 10.1 Å². The van der Waals surface area contributed by atoms with Gasteiger partial charge in [0.2, 0.25) is 5.95 Å². The minimum atomic E-state index is -0.357. The Labute approximate surface area is 154 Å². The van der Waals surface area contributed by atoms with Gasteiger partial charge in [0.1, 0.15) is 5.82 Å². The highest BCUT2D eigenvalue weighted by atomic mass is 16.3. The summed E-state index contributed by atoms with van der Waals surface area (Å²) in [6, 6.07) is 2.06. The van der Waals surface area contributed by atoms with Crippen molar-refractivity contribution in [3.63, 3.8) is 0 Å². The Balaban J connectivity index is 1.60. The van der Waals surface area contributed by atoms with Crippen LogP contribution in [0.5, 0.6) is 0 Å². The molecule has 2 aromatic rings. The number of nitrogens with zero attached hydrogens (tertiary/aromatic N) is 5. The zero-order chi connectivity index (χ0) is 18.3. The molecule has 2 N–H and O–H groups in total. The summed E-state index contributed by atoms with van der Waals surface area (Å²) < 4.78 is 0. The number of anilines is 2. The predicted molar refractivity (Wildman–Crippen MR) is 102 cm³/mol. The molecule has 0 amide bonds. The first-order valence-corrected chi connectivity index (χ1v) is 9.52. The Morgan fingerprint density at radius 2 is 2.04 bits per heavy atom. The number of aryl methyl sites for hydroxylation is 2. The summed E-state index contributed by atoms with van der Waals surface area (Å²) in [4.78, 5) is 13.8. The van der Waals surface area contributed by atoms with Gasteiger partial charge in [0.15, 0.2) is 0 Å². The van der Waals surface area contributed by atoms with E-state index in [9.17, 15) is 5.11 Å². The molecule has 1 aliphatic heterocycles. The first-order chi connectivity index (χ1) is 12.5. The number of aliphatic hydroxyl groups is 1. The first-order valence-electron chi connectivity index (χ1n) is 9.52. The lowest BCUT2D eigenvalue weighted by Crippen LogP contribution is -2.27. The van der Waals surface area contributed by atoms with E-state index in [1.807, 2.05) is 25.9 Å². The van der Waals surface area contributed by atoms with Crippen LogP contribution < -0.4 is 9.80 Å². The summed E-state index contributed by atoms with van der Waals surface area (Å²) in [5, 5.41) is 18.0. The average molecular weight is 356 g/mol. The third-order valence-electron chi connectivity index (χ3n) is 5.49. The van der Waals surface area contributed by atoms with Gasteiger partial charge in [0.05, 0.1) is 17.5 Å². The van der Waals surface area contributed by atoms with Gasteiger partial charge in [-0.05, 0) is 45.1 Å². The summed E-state index contributed by atoms with van der Waals surface area (Å²) >= 11 is 0. The van der Waals surface area contributed by atoms with Crippen molar-refractivity contribution in [2.24, 2.45) is 5.92 Å². The molecule has 2 aromatic heterocycles. The lowest BCUT2D eigenvalue weighted by molar-refractivity contribution is 0.148. The monoisotopic (exact) mass is 356 g/mol. The largest absolute Gasteiger partial charge is 0.391 e. The average Bonchev–Trinajstić information content (AvgIpc) is 3.20. The molecule has 0 radical (unpaired) electrons. The van der Waals surface area contributed by atoms with Crippen LogP contribution in [0.3, 0.4) is 0 Å². The number of aromatic nitrogens is 4. The van der Waals surface area contributed by atoms with E-state index in [1.165, 1.54) is 24.1 Å². The highest BCUT2D eigenvalue weighted by molar-refractivity contribution is 5.55. The van der Waals surface area contributed by atoms with Crippen molar-refractivity contribution in [1.29, 1.82) is 0 Å². The van der Waals surface area contributed by atoms with Crippen LogP contribution in [0.4, 0.5) is 11.8 Å². The molecule has 2 aliphatic rings.